The number of aromatic amines is 1. The number of halogens is 2. The Kier molecular flexibility index (Phi) is 4.00. The summed E-state index contributed by atoms with van der Waals surface area (Å²) in [6.07, 6.45) is -3.56. The first-order valence-corrected chi connectivity index (χ1v) is 7.36. The summed E-state index contributed by atoms with van der Waals surface area (Å²) in [5, 5.41) is 19.3. The van der Waals surface area contributed by atoms with Crippen molar-refractivity contribution in [3.05, 3.63) is 16.7 Å². The van der Waals surface area contributed by atoms with E-state index in [1.807, 2.05) is 0 Å². The molecule has 3 rings (SSSR count). The summed E-state index contributed by atoms with van der Waals surface area (Å²) >= 11 is 5.82. The van der Waals surface area contributed by atoms with Crippen molar-refractivity contribution in [1.82, 2.24) is 19.5 Å². The molecular formula is C12H15ClFN5O4. The van der Waals surface area contributed by atoms with Gasteiger partial charge in [-0.2, -0.15) is 4.98 Å². The number of fused-ring (bicyclic) bond motifs is 1. The molecule has 0 aromatic carbocycles. The highest BCUT2D eigenvalue weighted by molar-refractivity contribution is 6.18. The number of anilines is 1. The number of aliphatic hydroxyl groups excluding tert-OH is 2. The van der Waals surface area contributed by atoms with Gasteiger partial charge in [0.05, 0.1) is 12.2 Å². The van der Waals surface area contributed by atoms with E-state index in [0.29, 0.717) is 0 Å². The molecule has 0 radical (unpaired) electrons. The molecule has 3 heterocycles. The molecule has 1 unspecified atom stereocenters. The van der Waals surface area contributed by atoms with Gasteiger partial charge in [0, 0.05) is 13.0 Å². The minimum atomic E-state index is -1.85. The van der Waals surface area contributed by atoms with Gasteiger partial charge in [-0.1, -0.05) is 0 Å². The maximum atomic E-state index is 14.6. The summed E-state index contributed by atoms with van der Waals surface area (Å²) in [5.41, 5.74) is 3.48. The number of nitrogens with one attached hydrogen (secondary N) is 1. The fourth-order valence-electron chi connectivity index (χ4n) is 2.73. The SMILES string of the molecule is Nc1nc2c(ncn2C2O[C@](CCl)(CCO)[C@@H](O)[C@H]2F)c(=O)[nH]1. The quantitative estimate of drug-likeness (QED) is 0.536. The molecule has 2 aromatic rings. The van der Waals surface area contributed by atoms with Crippen molar-refractivity contribution in [2.45, 2.75) is 30.5 Å². The Balaban J connectivity index is 2.07. The Labute approximate surface area is 133 Å². The van der Waals surface area contributed by atoms with Crippen molar-refractivity contribution in [1.29, 1.82) is 0 Å². The fourth-order valence-corrected chi connectivity index (χ4v) is 3.09. The van der Waals surface area contributed by atoms with Gasteiger partial charge in [0.25, 0.3) is 5.56 Å². The molecule has 0 aliphatic carbocycles. The molecule has 1 saturated heterocycles. The van der Waals surface area contributed by atoms with Crippen LogP contribution in [0.15, 0.2) is 11.1 Å². The van der Waals surface area contributed by atoms with E-state index in [9.17, 15) is 14.3 Å². The van der Waals surface area contributed by atoms with E-state index < -0.39 is 29.7 Å². The van der Waals surface area contributed by atoms with Crippen LogP contribution >= 0.6 is 11.6 Å². The lowest BCUT2D eigenvalue weighted by molar-refractivity contribution is -0.0978. The van der Waals surface area contributed by atoms with Crippen molar-refractivity contribution in [3.63, 3.8) is 0 Å². The summed E-state index contributed by atoms with van der Waals surface area (Å²) in [6, 6.07) is 0. The van der Waals surface area contributed by atoms with Gasteiger partial charge in [-0.05, 0) is 0 Å². The van der Waals surface area contributed by atoms with E-state index in [1.54, 1.807) is 0 Å². The van der Waals surface area contributed by atoms with Crippen molar-refractivity contribution >= 4 is 28.7 Å². The number of nitrogens with zero attached hydrogens (tertiary/aromatic N) is 3. The first kappa shape index (κ1) is 16.1. The molecule has 126 valence electrons. The summed E-state index contributed by atoms with van der Waals surface area (Å²) < 4.78 is 21.4. The standard InChI is InChI=1S/C12H15ClFN5O4/c13-3-12(1-2-20)7(21)5(14)10(23-12)19-4-16-6-8(19)17-11(15)18-9(6)22/h4-5,7,10,20-21H,1-3H2,(H3,15,17,18,22)/t5-,7+,10?,12+/m1/s1. The highest BCUT2D eigenvalue weighted by atomic mass is 35.5. The number of H-pyrrole nitrogens is 1. The van der Waals surface area contributed by atoms with Gasteiger partial charge in [0.15, 0.2) is 23.6 Å². The average molecular weight is 348 g/mol. The van der Waals surface area contributed by atoms with Gasteiger partial charge in [-0.15, -0.1) is 11.6 Å². The second kappa shape index (κ2) is 5.71. The van der Waals surface area contributed by atoms with Crippen LogP contribution in [0, 0.1) is 0 Å². The second-order valence-corrected chi connectivity index (χ2v) is 5.61. The Morgan fingerprint density at radius 2 is 2.35 bits per heavy atom. The molecule has 9 nitrogen and oxygen atoms in total. The van der Waals surface area contributed by atoms with Gasteiger partial charge in [-0.3, -0.25) is 14.3 Å². The van der Waals surface area contributed by atoms with E-state index in [0.717, 1.165) is 0 Å². The molecule has 23 heavy (non-hydrogen) atoms. The summed E-state index contributed by atoms with van der Waals surface area (Å²) in [4.78, 5) is 21.9. The van der Waals surface area contributed by atoms with Crippen molar-refractivity contribution in [3.8, 4) is 0 Å². The number of imidazole rings is 1. The van der Waals surface area contributed by atoms with Crippen LogP contribution in [0.25, 0.3) is 11.2 Å². The van der Waals surface area contributed by atoms with E-state index in [-0.39, 0.29) is 36.0 Å². The topological polar surface area (TPSA) is 139 Å². The summed E-state index contributed by atoms with van der Waals surface area (Å²) in [7, 11) is 0. The lowest BCUT2D eigenvalue weighted by Crippen LogP contribution is -2.44. The predicted octanol–water partition coefficient (Wildman–Crippen LogP) is -0.710. The highest BCUT2D eigenvalue weighted by Crippen LogP contribution is 2.42. The predicted molar refractivity (Wildman–Crippen MR) is 78.7 cm³/mol. The lowest BCUT2D eigenvalue weighted by atomic mass is 9.94. The van der Waals surface area contributed by atoms with Gasteiger partial charge in [0.2, 0.25) is 5.95 Å². The number of nitrogen functional groups attached to an aromatic ring is 1. The third-order valence-corrected chi connectivity index (χ3v) is 4.41. The van der Waals surface area contributed by atoms with Gasteiger partial charge in [-0.25, -0.2) is 9.37 Å². The summed E-state index contributed by atoms with van der Waals surface area (Å²) in [6.45, 7) is -0.335. The van der Waals surface area contributed by atoms with Crippen LogP contribution in [-0.2, 0) is 4.74 Å². The van der Waals surface area contributed by atoms with E-state index in [4.69, 9.17) is 27.2 Å². The minimum absolute atomic E-state index is 0.0282. The van der Waals surface area contributed by atoms with E-state index in [1.165, 1.54) is 10.9 Å². The maximum absolute atomic E-state index is 14.6. The highest BCUT2D eigenvalue weighted by Gasteiger charge is 2.55. The van der Waals surface area contributed by atoms with Crippen LogP contribution in [0.2, 0.25) is 0 Å². The van der Waals surface area contributed by atoms with Crippen LogP contribution in [0.4, 0.5) is 10.3 Å². The maximum Gasteiger partial charge on any atom is 0.280 e. The molecule has 1 fully saturated rings. The normalized spacial score (nSPS) is 31.0. The number of ether oxygens (including phenoxy) is 1. The van der Waals surface area contributed by atoms with Gasteiger partial charge in [0.1, 0.15) is 11.7 Å². The molecule has 1 aliphatic rings. The third kappa shape index (κ3) is 2.38. The van der Waals surface area contributed by atoms with Gasteiger partial charge < -0.3 is 20.7 Å². The van der Waals surface area contributed by atoms with Crippen LogP contribution in [0.5, 0.6) is 0 Å². The van der Waals surface area contributed by atoms with Crippen LogP contribution in [-0.4, -0.2) is 60.1 Å². The Hall–Kier alpha value is -1.75. The largest absolute Gasteiger partial charge is 0.396 e. The molecule has 0 amide bonds. The Bertz CT molecular complexity index is 782. The van der Waals surface area contributed by atoms with Crippen LogP contribution in [0.1, 0.15) is 12.6 Å². The van der Waals surface area contributed by atoms with Crippen LogP contribution < -0.4 is 11.3 Å². The molecule has 0 spiro atoms. The number of aromatic nitrogens is 4. The molecule has 5 N–H and O–H groups in total. The fraction of sp³-hybridized carbons (Fsp3) is 0.583. The number of nitrogens with two attached hydrogens (primary N) is 1. The van der Waals surface area contributed by atoms with Crippen LogP contribution in [0.3, 0.4) is 0 Å². The molecule has 4 atom stereocenters. The zero-order valence-electron chi connectivity index (χ0n) is 11.8. The molecular weight excluding hydrogens is 333 g/mol. The van der Waals surface area contributed by atoms with E-state index >= 15 is 0 Å². The Morgan fingerprint density at radius 1 is 1.61 bits per heavy atom. The first-order chi connectivity index (χ1) is 10.9. The number of hydrogen-bond acceptors (Lipinski definition) is 7. The second-order valence-electron chi connectivity index (χ2n) is 5.34. The van der Waals surface area contributed by atoms with Crippen molar-refractivity contribution < 1.29 is 19.3 Å². The molecule has 1 aliphatic heterocycles. The molecule has 11 heteroatoms. The smallest absolute Gasteiger partial charge is 0.280 e. The molecule has 2 aromatic heterocycles. The Morgan fingerprint density at radius 3 is 3.00 bits per heavy atom. The number of alkyl halides is 2. The van der Waals surface area contributed by atoms with Gasteiger partial charge >= 0.3 is 0 Å². The zero-order chi connectivity index (χ0) is 16.8. The summed E-state index contributed by atoms with van der Waals surface area (Å²) in [5.74, 6) is -0.369. The minimum Gasteiger partial charge on any atom is -0.396 e. The third-order valence-electron chi connectivity index (χ3n) is 3.95. The first-order valence-electron chi connectivity index (χ1n) is 6.82. The number of aliphatic hydroxyl groups is 2. The van der Waals surface area contributed by atoms with Crippen molar-refractivity contribution in [2.75, 3.05) is 18.2 Å². The van der Waals surface area contributed by atoms with E-state index in [2.05, 4.69) is 15.0 Å². The number of rotatable bonds is 4. The molecule has 0 saturated carbocycles. The lowest BCUT2D eigenvalue weighted by Gasteiger charge is -2.28. The average Bonchev–Trinajstić information content (AvgIpc) is 3.03. The van der Waals surface area contributed by atoms with Crippen molar-refractivity contribution in [2.24, 2.45) is 0 Å². The molecule has 0 bridgehead atoms. The monoisotopic (exact) mass is 347 g/mol. The number of hydrogen-bond donors (Lipinski definition) is 4. The zero-order valence-corrected chi connectivity index (χ0v) is 12.6.